The Balaban J connectivity index is 1.96. The van der Waals surface area contributed by atoms with Gasteiger partial charge >= 0.3 is 17.9 Å². The number of benzene rings is 1. The number of halogens is 1. The fraction of sp³-hybridized carbons (Fsp3) is 0.450. The summed E-state index contributed by atoms with van der Waals surface area (Å²) >= 11 is 3.47. The third-order valence-corrected chi connectivity index (χ3v) is 5.32. The lowest BCUT2D eigenvalue weighted by Gasteiger charge is -2.23. The van der Waals surface area contributed by atoms with Crippen LogP contribution in [0, 0.1) is 0 Å². The summed E-state index contributed by atoms with van der Waals surface area (Å²) in [5, 5.41) is 8.34. The van der Waals surface area contributed by atoms with Gasteiger partial charge in [0.25, 0.3) is 0 Å². The van der Waals surface area contributed by atoms with Crippen LogP contribution in [0.4, 0.5) is 0 Å². The largest absolute Gasteiger partial charge is 0.497 e. The standard InChI is InChI=1S/C20H22BrN3O8/c1-10(25)29-9-15-17(30-11(2)26)18(31-12(3)27)20(32-15)24-19(21)16(22-23-24)13-5-7-14(28-4)8-6-13/h5-8,15,17-18,20H,9H2,1-4H3/t15-,17?,18?,20-/m1/s1. The molecule has 4 atom stereocenters. The average Bonchev–Trinajstić information content (AvgIpc) is 3.26. The molecule has 0 spiro atoms. The molecule has 2 heterocycles. The van der Waals surface area contributed by atoms with Crippen molar-refractivity contribution in [2.75, 3.05) is 13.7 Å². The molecule has 0 saturated carbocycles. The van der Waals surface area contributed by atoms with Crippen molar-refractivity contribution in [2.45, 2.75) is 45.3 Å². The van der Waals surface area contributed by atoms with E-state index in [4.69, 9.17) is 23.7 Å². The number of esters is 3. The molecule has 12 heteroatoms. The van der Waals surface area contributed by atoms with E-state index in [2.05, 4.69) is 26.2 Å². The Morgan fingerprint density at radius 3 is 2.22 bits per heavy atom. The maximum atomic E-state index is 11.8. The molecule has 1 saturated heterocycles. The van der Waals surface area contributed by atoms with Gasteiger partial charge in [-0.15, -0.1) is 5.10 Å². The first kappa shape index (κ1) is 23.7. The molecule has 2 aromatic rings. The fourth-order valence-electron chi connectivity index (χ4n) is 3.26. The lowest BCUT2D eigenvalue weighted by Crippen LogP contribution is -2.40. The van der Waals surface area contributed by atoms with Gasteiger partial charge < -0.3 is 23.7 Å². The van der Waals surface area contributed by atoms with Crippen molar-refractivity contribution in [3.05, 3.63) is 28.9 Å². The Morgan fingerprint density at radius 1 is 1.03 bits per heavy atom. The maximum absolute atomic E-state index is 11.8. The van der Waals surface area contributed by atoms with Gasteiger partial charge in [0.2, 0.25) is 0 Å². The molecule has 0 radical (unpaired) electrons. The van der Waals surface area contributed by atoms with E-state index >= 15 is 0 Å². The lowest BCUT2D eigenvalue weighted by molar-refractivity contribution is -0.166. The Morgan fingerprint density at radius 2 is 1.66 bits per heavy atom. The molecule has 1 aromatic heterocycles. The molecular weight excluding hydrogens is 490 g/mol. The highest BCUT2D eigenvalue weighted by atomic mass is 79.9. The van der Waals surface area contributed by atoms with Crippen molar-refractivity contribution < 1.29 is 38.1 Å². The zero-order chi connectivity index (χ0) is 23.4. The first-order chi connectivity index (χ1) is 15.2. The van der Waals surface area contributed by atoms with E-state index in [0.29, 0.717) is 16.0 Å². The van der Waals surface area contributed by atoms with Crippen LogP contribution < -0.4 is 4.74 Å². The third kappa shape index (κ3) is 5.25. The van der Waals surface area contributed by atoms with Crippen molar-refractivity contribution in [3.8, 4) is 17.0 Å². The number of ether oxygens (including phenoxy) is 5. The second-order valence-corrected chi connectivity index (χ2v) is 7.67. The highest BCUT2D eigenvalue weighted by Crippen LogP contribution is 2.38. The van der Waals surface area contributed by atoms with E-state index in [1.54, 1.807) is 19.2 Å². The zero-order valence-corrected chi connectivity index (χ0v) is 19.4. The fourth-order valence-corrected chi connectivity index (χ4v) is 3.84. The number of methoxy groups -OCH3 is 1. The maximum Gasteiger partial charge on any atom is 0.303 e. The number of hydrogen-bond donors (Lipinski definition) is 0. The van der Waals surface area contributed by atoms with Crippen molar-refractivity contribution in [2.24, 2.45) is 0 Å². The molecular formula is C20H22BrN3O8. The van der Waals surface area contributed by atoms with Gasteiger partial charge in [-0.25, -0.2) is 4.68 Å². The smallest absolute Gasteiger partial charge is 0.303 e. The predicted octanol–water partition coefficient (Wildman–Crippen LogP) is 2.04. The molecule has 32 heavy (non-hydrogen) atoms. The average molecular weight is 512 g/mol. The monoisotopic (exact) mass is 511 g/mol. The molecule has 0 bridgehead atoms. The van der Waals surface area contributed by atoms with Crippen LogP contribution in [0.3, 0.4) is 0 Å². The topological polar surface area (TPSA) is 128 Å². The van der Waals surface area contributed by atoms with Crippen molar-refractivity contribution in [3.63, 3.8) is 0 Å². The Kier molecular flexibility index (Phi) is 7.46. The molecule has 3 rings (SSSR count). The van der Waals surface area contributed by atoms with Gasteiger partial charge in [-0.1, -0.05) is 5.21 Å². The summed E-state index contributed by atoms with van der Waals surface area (Å²) in [6, 6.07) is 7.17. The summed E-state index contributed by atoms with van der Waals surface area (Å²) in [5.74, 6) is -1.07. The van der Waals surface area contributed by atoms with Crippen molar-refractivity contribution in [1.29, 1.82) is 0 Å². The molecule has 0 aliphatic carbocycles. The summed E-state index contributed by atoms with van der Waals surface area (Å²) in [6.45, 7) is 3.47. The van der Waals surface area contributed by atoms with Crippen molar-refractivity contribution >= 4 is 33.8 Å². The Bertz CT molecular complexity index is 993. The van der Waals surface area contributed by atoms with Crippen LogP contribution in [0.15, 0.2) is 28.9 Å². The summed E-state index contributed by atoms with van der Waals surface area (Å²) in [7, 11) is 1.57. The van der Waals surface area contributed by atoms with Crippen molar-refractivity contribution in [1.82, 2.24) is 15.0 Å². The van der Waals surface area contributed by atoms with Crippen LogP contribution in [0.2, 0.25) is 0 Å². The summed E-state index contributed by atoms with van der Waals surface area (Å²) in [4.78, 5) is 34.8. The highest BCUT2D eigenvalue weighted by molar-refractivity contribution is 9.10. The van der Waals surface area contributed by atoms with E-state index in [9.17, 15) is 14.4 Å². The molecule has 1 aromatic carbocycles. The number of carbonyl (C=O) groups excluding carboxylic acids is 3. The highest BCUT2D eigenvalue weighted by Gasteiger charge is 2.51. The van der Waals surface area contributed by atoms with Crippen LogP contribution in [0.25, 0.3) is 11.3 Å². The Labute approximate surface area is 192 Å². The second-order valence-electron chi connectivity index (χ2n) is 6.92. The third-order valence-electron chi connectivity index (χ3n) is 4.58. The first-order valence-corrected chi connectivity index (χ1v) is 10.4. The summed E-state index contributed by atoms with van der Waals surface area (Å²) in [5.41, 5.74) is 1.25. The van der Waals surface area contributed by atoms with E-state index < -0.39 is 42.4 Å². The van der Waals surface area contributed by atoms with Gasteiger partial charge in [-0.3, -0.25) is 14.4 Å². The van der Waals surface area contributed by atoms with Gasteiger partial charge in [-0.05, 0) is 40.2 Å². The van der Waals surface area contributed by atoms with E-state index in [1.807, 2.05) is 12.1 Å². The van der Waals surface area contributed by atoms with Gasteiger partial charge in [0.15, 0.2) is 18.4 Å². The number of nitrogens with zero attached hydrogens (tertiary/aromatic N) is 3. The number of rotatable bonds is 7. The molecule has 2 unspecified atom stereocenters. The number of carbonyl (C=O) groups is 3. The zero-order valence-electron chi connectivity index (χ0n) is 17.8. The van der Waals surface area contributed by atoms with Gasteiger partial charge in [0, 0.05) is 26.3 Å². The van der Waals surface area contributed by atoms with Gasteiger partial charge in [-0.2, -0.15) is 0 Å². The summed E-state index contributed by atoms with van der Waals surface area (Å²) < 4.78 is 28.8. The lowest BCUT2D eigenvalue weighted by atomic mass is 10.1. The SMILES string of the molecule is COc1ccc(-c2nnn([C@@H]3O[C@H](COC(C)=O)C(OC(C)=O)C3OC(C)=O)c2Br)cc1. The molecule has 1 fully saturated rings. The summed E-state index contributed by atoms with van der Waals surface area (Å²) in [6.07, 6.45) is -3.98. The molecule has 0 amide bonds. The first-order valence-electron chi connectivity index (χ1n) is 9.59. The van der Waals surface area contributed by atoms with Crippen LogP contribution in [-0.2, 0) is 33.3 Å². The Hall–Kier alpha value is -2.99. The minimum absolute atomic E-state index is 0.209. The van der Waals surface area contributed by atoms with Crippen LogP contribution in [0.1, 0.15) is 27.0 Å². The van der Waals surface area contributed by atoms with E-state index in [0.717, 1.165) is 5.56 Å². The quantitative estimate of drug-likeness (QED) is 0.402. The van der Waals surface area contributed by atoms with E-state index in [-0.39, 0.29) is 6.61 Å². The minimum Gasteiger partial charge on any atom is -0.497 e. The minimum atomic E-state index is -1.06. The number of hydrogen-bond acceptors (Lipinski definition) is 10. The predicted molar refractivity (Wildman–Crippen MR) is 111 cm³/mol. The molecule has 1 aliphatic rings. The molecule has 0 N–H and O–H groups in total. The van der Waals surface area contributed by atoms with Gasteiger partial charge in [0.1, 0.15) is 28.8 Å². The van der Waals surface area contributed by atoms with Gasteiger partial charge in [0.05, 0.1) is 7.11 Å². The second kappa shape index (κ2) is 10.1. The van der Waals surface area contributed by atoms with Crippen LogP contribution in [0.5, 0.6) is 5.75 Å². The van der Waals surface area contributed by atoms with Crippen LogP contribution in [-0.4, -0.2) is 64.9 Å². The molecule has 172 valence electrons. The molecule has 1 aliphatic heterocycles. The van der Waals surface area contributed by atoms with E-state index in [1.165, 1.54) is 25.5 Å². The van der Waals surface area contributed by atoms with Crippen LogP contribution >= 0.6 is 15.9 Å². The molecule has 11 nitrogen and oxygen atoms in total. The number of aromatic nitrogens is 3. The normalized spacial score (nSPS) is 22.3.